The molecule has 1 nitrogen and oxygen atoms in total. The van der Waals surface area contributed by atoms with Gasteiger partial charge in [-0.05, 0) is 26.1 Å². The minimum Gasteiger partial charge on any atom is -0.309 e. The summed E-state index contributed by atoms with van der Waals surface area (Å²) < 4.78 is 1.28. The SMILES string of the molecule is CN(C)CCC1=C(Br)C(Br)C=C1. The third-order valence-electron chi connectivity index (χ3n) is 1.84. The van der Waals surface area contributed by atoms with Crippen LogP contribution in [-0.2, 0) is 0 Å². The third-order valence-corrected chi connectivity index (χ3v) is 4.22. The summed E-state index contributed by atoms with van der Waals surface area (Å²) in [4.78, 5) is 2.59. The van der Waals surface area contributed by atoms with E-state index >= 15 is 0 Å². The van der Waals surface area contributed by atoms with Gasteiger partial charge in [0, 0.05) is 11.0 Å². The lowest BCUT2D eigenvalue weighted by atomic mass is 10.2. The van der Waals surface area contributed by atoms with Gasteiger partial charge in [0.2, 0.25) is 0 Å². The number of halogens is 2. The maximum atomic E-state index is 3.57. The molecular formula is C9H13Br2N. The van der Waals surface area contributed by atoms with Crippen LogP contribution in [0.1, 0.15) is 6.42 Å². The van der Waals surface area contributed by atoms with E-state index in [0.29, 0.717) is 4.83 Å². The summed E-state index contributed by atoms with van der Waals surface area (Å²) in [6.07, 6.45) is 5.47. The number of nitrogens with zero attached hydrogens (tertiary/aromatic N) is 1. The Kier molecular flexibility index (Phi) is 4.00. The minimum absolute atomic E-state index is 0.398. The van der Waals surface area contributed by atoms with Crippen LogP contribution in [0.4, 0.5) is 0 Å². The van der Waals surface area contributed by atoms with Crippen LogP contribution in [0.5, 0.6) is 0 Å². The molecular weight excluding hydrogens is 282 g/mol. The van der Waals surface area contributed by atoms with Crippen molar-refractivity contribution < 1.29 is 0 Å². The Hall–Kier alpha value is 0.400. The molecule has 1 aliphatic rings. The van der Waals surface area contributed by atoms with E-state index in [1.807, 2.05) is 0 Å². The molecule has 0 spiro atoms. The fraction of sp³-hybridized carbons (Fsp3) is 0.556. The number of alkyl halides is 1. The van der Waals surface area contributed by atoms with Crippen molar-refractivity contribution >= 4 is 31.9 Å². The van der Waals surface area contributed by atoms with Gasteiger partial charge in [-0.2, -0.15) is 0 Å². The lowest BCUT2D eigenvalue weighted by Gasteiger charge is -2.09. The molecule has 1 aliphatic carbocycles. The average molecular weight is 295 g/mol. The highest BCUT2D eigenvalue weighted by Gasteiger charge is 2.14. The molecule has 0 aromatic heterocycles. The molecule has 0 saturated carbocycles. The highest BCUT2D eigenvalue weighted by atomic mass is 79.9. The Balaban J connectivity index is 2.48. The zero-order valence-corrected chi connectivity index (χ0v) is 10.5. The predicted octanol–water partition coefficient (Wildman–Crippen LogP) is 2.92. The lowest BCUT2D eigenvalue weighted by Crippen LogP contribution is -2.13. The second kappa shape index (κ2) is 4.58. The largest absolute Gasteiger partial charge is 0.309 e. The van der Waals surface area contributed by atoms with E-state index in [2.05, 4.69) is 63.0 Å². The second-order valence-corrected chi connectivity index (χ2v) is 5.03. The van der Waals surface area contributed by atoms with E-state index in [1.165, 1.54) is 10.1 Å². The molecule has 1 rings (SSSR count). The maximum absolute atomic E-state index is 3.57. The fourth-order valence-corrected chi connectivity index (χ4v) is 2.02. The van der Waals surface area contributed by atoms with Crippen LogP contribution in [0.15, 0.2) is 22.2 Å². The molecule has 0 radical (unpaired) electrons. The summed E-state index contributed by atoms with van der Waals surface area (Å²) in [5.74, 6) is 0. The summed E-state index contributed by atoms with van der Waals surface area (Å²) in [6.45, 7) is 1.11. The molecule has 0 aromatic rings. The molecule has 0 aliphatic heterocycles. The van der Waals surface area contributed by atoms with Crippen molar-refractivity contribution in [3.05, 3.63) is 22.2 Å². The molecule has 3 heteroatoms. The standard InChI is InChI=1S/C9H13Br2N/c1-12(2)6-5-7-3-4-8(10)9(7)11/h3-4,8H,5-6H2,1-2H3. The molecule has 1 atom stereocenters. The van der Waals surface area contributed by atoms with E-state index in [0.717, 1.165) is 13.0 Å². The average Bonchev–Trinajstić information content (AvgIpc) is 2.30. The summed E-state index contributed by atoms with van der Waals surface area (Å²) in [7, 11) is 4.19. The first-order valence-electron chi connectivity index (χ1n) is 3.97. The zero-order valence-electron chi connectivity index (χ0n) is 7.35. The smallest absolute Gasteiger partial charge is 0.0646 e. The van der Waals surface area contributed by atoms with Crippen LogP contribution in [-0.4, -0.2) is 30.4 Å². The number of rotatable bonds is 3. The molecule has 0 heterocycles. The van der Waals surface area contributed by atoms with Crippen LogP contribution in [0.25, 0.3) is 0 Å². The van der Waals surface area contributed by atoms with Crippen LogP contribution in [0.2, 0.25) is 0 Å². The van der Waals surface area contributed by atoms with Gasteiger partial charge in [0.05, 0.1) is 4.83 Å². The summed E-state index contributed by atoms with van der Waals surface area (Å²) >= 11 is 7.12. The first kappa shape index (κ1) is 10.5. The van der Waals surface area contributed by atoms with E-state index < -0.39 is 0 Å². The van der Waals surface area contributed by atoms with Gasteiger partial charge < -0.3 is 4.90 Å². The third kappa shape index (κ3) is 2.71. The summed E-state index contributed by atoms with van der Waals surface area (Å²) in [6, 6.07) is 0. The van der Waals surface area contributed by atoms with Crippen LogP contribution >= 0.6 is 31.9 Å². The Morgan fingerprint density at radius 3 is 2.58 bits per heavy atom. The predicted molar refractivity (Wildman–Crippen MR) is 61.0 cm³/mol. The molecule has 68 valence electrons. The van der Waals surface area contributed by atoms with Crippen LogP contribution in [0, 0.1) is 0 Å². The van der Waals surface area contributed by atoms with E-state index in [9.17, 15) is 0 Å². The normalized spacial score (nSPS) is 22.9. The van der Waals surface area contributed by atoms with Gasteiger partial charge in [-0.1, -0.05) is 44.0 Å². The van der Waals surface area contributed by atoms with Gasteiger partial charge in [-0.15, -0.1) is 0 Å². The number of hydrogen-bond acceptors (Lipinski definition) is 1. The van der Waals surface area contributed by atoms with Crippen molar-refractivity contribution in [3.8, 4) is 0 Å². The monoisotopic (exact) mass is 293 g/mol. The van der Waals surface area contributed by atoms with Gasteiger partial charge in [0.1, 0.15) is 0 Å². The molecule has 0 amide bonds. The van der Waals surface area contributed by atoms with Gasteiger partial charge in [0.15, 0.2) is 0 Å². The fourth-order valence-electron chi connectivity index (χ4n) is 1.09. The molecule has 0 aromatic carbocycles. The van der Waals surface area contributed by atoms with E-state index in [4.69, 9.17) is 0 Å². The number of allylic oxidation sites excluding steroid dienone is 3. The van der Waals surface area contributed by atoms with Gasteiger partial charge in [-0.25, -0.2) is 0 Å². The minimum atomic E-state index is 0.398. The molecule has 0 bridgehead atoms. The summed E-state index contributed by atoms with van der Waals surface area (Å²) in [5.41, 5.74) is 1.41. The Morgan fingerprint density at radius 1 is 1.50 bits per heavy atom. The Bertz CT molecular complexity index is 219. The van der Waals surface area contributed by atoms with Crippen molar-refractivity contribution in [1.29, 1.82) is 0 Å². The Morgan fingerprint density at radius 2 is 2.17 bits per heavy atom. The molecule has 0 saturated heterocycles. The second-order valence-electron chi connectivity index (χ2n) is 3.19. The van der Waals surface area contributed by atoms with Crippen molar-refractivity contribution in [2.45, 2.75) is 11.2 Å². The molecule has 0 N–H and O–H groups in total. The maximum Gasteiger partial charge on any atom is 0.0646 e. The van der Waals surface area contributed by atoms with Gasteiger partial charge >= 0.3 is 0 Å². The van der Waals surface area contributed by atoms with Crippen molar-refractivity contribution in [2.24, 2.45) is 0 Å². The Labute approximate surface area is 90.8 Å². The topological polar surface area (TPSA) is 3.24 Å². The van der Waals surface area contributed by atoms with Crippen LogP contribution < -0.4 is 0 Å². The van der Waals surface area contributed by atoms with E-state index in [-0.39, 0.29) is 0 Å². The summed E-state index contributed by atoms with van der Waals surface area (Å²) in [5, 5.41) is 0. The van der Waals surface area contributed by atoms with E-state index in [1.54, 1.807) is 0 Å². The zero-order chi connectivity index (χ0) is 9.14. The van der Waals surface area contributed by atoms with Crippen molar-refractivity contribution in [2.75, 3.05) is 20.6 Å². The first-order chi connectivity index (χ1) is 5.61. The molecule has 1 unspecified atom stereocenters. The highest BCUT2D eigenvalue weighted by molar-refractivity contribution is 9.14. The van der Waals surface area contributed by atoms with Crippen LogP contribution in [0.3, 0.4) is 0 Å². The number of hydrogen-bond donors (Lipinski definition) is 0. The molecule has 0 fully saturated rings. The van der Waals surface area contributed by atoms with Crippen molar-refractivity contribution in [3.63, 3.8) is 0 Å². The van der Waals surface area contributed by atoms with Gasteiger partial charge in [0.25, 0.3) is 0 Å². The van der Waals surface area contributed by atoms with Crippen molar-refractivity contribution in [1.82, 2.24) is 4.90 Å². The quantitative estimate of drug-likeness (QED) is 0.724. The molecule has 12 heavy (non-hydrogen) atoms. The lowest BCUT2D eigenvalue weighted by molar-refractivity contribution is 0.414. The first-order valence-corrected chi connectivity index (χ1v) is 5.67. The highest BCUT2D eigenvalue weighted by Crippen LogP contribution is 2.31. The van der Waals surface area contributed by atoms with Gasteiger partial charge in [-0.3, -0.25) is 0 Å².